The zero-order chi connectivity index (χ0) is 20.4. The van der Waals surface area contributed by atoms with Crippen molar-refractivity contribution in [3.63, 3.8) is 0 Å². The van der Waals surface area contributed by atoms with E-state index in [-0.39, 0.29) is 0 Å². The average Bonchev–Trinajstić information content (AvgIpc) is 3.17. The summed E-state index contributed by atoms with van der Waals surface area (Å²) in [5.41, 5.74) is 3.75. The predicted molar refractivity (Wildman–Crippen MR) is 101 cm³/mol. The number of hydrogen-bond acceptors (Lipinski definition) is 6. The molecule has 2 heterocycles. The Labute approximate surface area is 165 Å². The molecule has 9 heteroatoms. The van der Waals surface area contributed by atoms with Crippen LogP contribution in [0.15, 0.2) is 30.5 Å². The maximum absolute atomic E-state index is 12.7. The van der Waals surface area contributed by atoms with E-state index in [4.69, 9.17) is 0 Å². The molecule has 0 saturated heterocycles. The third-order valence-corrected chi connectivity index (χ3v) is 4.88. The second kappa shape index (κ2) is 7.73. The number of hydrogen-bond donors (Lipinski definition) is 1. The predicted octanol–water partition coefficient (Wildman–Crippen LogP) is 3.80. The molecule has 1 aromatic carbocycles. The lowest BCUT2D eigenvalue weighted by Gasteiger charge is -2.09. The number of aryl methyl sites for hydroxylation is 2. The van der Waals surface area contributed by atoms with Crippen molar-refractivity contribution < 1.29 is 13.2 Å². The number of rotatable bonds is 5. The number of benzene rings is 1. The van der Waals surface area contributed by atoms with Gasteiger partial charge in [-0.15, -0.1) is 5.10 Å². The van der Waals surface area contributed by atoms with Crippen LogP contribution in [0, 0.1) is 6.92 Å². The van der Waals surface area contributed by atoms with Crippen molar-refractivity contribution in [1.82, 2.24) is 25.1 Å². The number of nitrogens with one attached hydrogen (secondary N) is 1. The number of nitrogens with zero attached hydrogens (tertiary/aromatic N) is 5. The highest BCUT2D eigenvalue weighted by Crippen LogP contribution is 2.30. The van der Waals surface area contributed by atoms with Crippen molar-refractivity contribution in [1.29, 1.82) is 0 Å². The van der Waals surface area contributed by atoms with Gasteiger partial charge in [-0.25, -0.2) is 15.0 Å². The topological polar surface area (TPSA) is 76.5 Å². The molecule has 1 aliphatic rings. The standard InChI is InChI=1S/C20H19F3N6/c1-12-15-3-2-4-16(15)27-18(26-12)9-10-24-19-28-17(11-25-29-19)13-5-7-14(8-6-13)20(21,22)23/h5-8,11H,2-4,9-10H2,1H3,(H,24,28,29). The molecule has 6 nitrogen and oxygen atoms in total. The Kier molecular flexibility index (Phi) is 5.12. The molecule has 0 atom stereocenters. The highest BCUT2D eigenvalue weighted by atomic mass is 19.4. The van der Waals surface area contributed by atoms with Crippen LogP contribution in [-0.4, -0.2) is 31.7 Å². The molecule has 1 N–H and O–H groups in total. The molecule has 150 valence electrons. The van der Waals surface area contributed by atoms with Crippen LogP contribution in [0.5, 0.6) is 0 Å². The summed E-state index contributed by atoms with van der Waals surface area (Å²) in [5, 5.41) is 10.9. The maximum atomic E-state index is 12.7. The Balaban J connectivity index is 1.41. The third kappa shape index (κ3) is 4.33. The molecule has 0 saturated carbocycles. The summed E-state index contributed by atoms with van der Waals surface area (Å²) in [6.07, 6.45) is 0.843. The molecule has 4 rings (SSSR count). The number of alkyl halides is 3. The van der Waals surface area contributed by atoms with Crippen LogP contribution in [0.2, 0.25) is 0 Å². The lowest BCUT2D eigenvalue weighted by Crippen LogP contribution is -2.12. The minimum Gasteiger partial charge on any atom is -0.352 e. The van der Waals surface area contributed by atoms with Crippen molar-refractivity contribution in [3.8, 4) is 11.3 Å². The van der Waals surface area contributed by atoms with Gasteiger partial charge in [-0.05, 0) is 43.9 Å². The largest absolute Gasteiger partial charge is 0.416 e. The summed E-state index contributed by atoms with van der Waals surface area (Å²) in [6, 6.07) is 4.80. The van der Waals surface area contributed by atoms with E-state index in [0.29, 0.717) is 30.2 Å². The monoisotopic (exact) mass is 400 g/mol. The number of anilines is 1. The van der Waals surface area contributed by atoms with Gasteiger partial charge < -0.3 is 5.32 Å². The van der Waals surface area contributed by atoms with Crippen molar-refractivity contribution in [2.75, 3.05) is 11.9 Å². The second-order valence-corrected chi connectivity index (χ2v) is 6.92. The molecule has 0 fully saturated rings. The van der Waals surface area contributed by atoms with Crippen molar-refractivity contribution in [2.24, 2.45) is 0 Å². The minimum absolute atomic E-state index is 0.306. The SMILES string of the molecule is Cc1nc(CCNc2nncc(-c3ccc(C(F)(F)F)cc3)n2)nc2c1CCC2. The molecule has 0 aliphatic heterocycles. The van der Waals surface area contributed by atoms with Crippen LogP contribution in [0.25, 0.3) is 11.3 Å². The summed E-state index contributed by atoms with van der Waals surface area (Å²) in [4.78, 5) is 13.5. The number of aromatic nitrogens is 5. The molecule has 0 amide bonds. The first kappa shape index (κ1) is 19.2. The van der Waals surface area contributed by atoms with Crippen LogP contribution in [0.4, 0.5) is 19.1 Å². The highest BCUT2D eigenvalue weighted by molar-refractivity contribution is 5.59. The smallest absolute Gasteiger partial charge is 0.352 e. The van der Waals surface area contributed by atoms with Gasteiger partial charge in [-0.1, -0.05) is 12.1 Å². The molecule has 0 radical (unpaired) electrons. The first-order valence-electron chi connectivity index (χ1n) is 9.36. The summed E-state index contributed by atoms with van der Waals surface area (Å²) < 4.78 is 38.1. The minimum atomic E-state index is -4.37. The van der Waals surface area contributed by atoms with Gasteiger partial charge in [0.25, 0.3) is 0 Å². The first-order chi connectivity index (χ1) is 13.9. The van der Waals surface area contributed by atoms with E-state index in [2.05, 4.69) is 30.5 Å². The quantitative estimate of drug-likeness (QED) is 0.702. The number of fused-ring (bicyclic) bond motifs is 1. The van der Waals surface area contributed by atoms with Crippen LogP contribution in [0.1, 0.15) is 34.8 Å². The molecule has 0 unspecified atom stereocenters. The van der Waals surface area contributed by atoms with E-state index >= 15 is 0 Å². The van der Waals surface area contributed by atoms with E-state index in [1.165, 1.54) is 23.9 Å². The average molecular weight is 400 g/mol. The van der Waals surface area contributed by atoms with Crippen LogP contribution >= 0.6 is 0 Å². The lowest BCUT2D eigenvalue weighted by atomic mass is 10.1. The Morgan fingerprint density at radius 2 is 1.83 bits per heavy atom. The van der Waals surface area contributed by atoms with E-state index in [1.807, 2.05) is 6.92 Å². The fraction of sp³-hybridized carbons (Fsp3) is 0.350. The molecular formula is C20H19F3N6. The Morgan fingerprint density at radius 3 is 2.59 bits per heavy atom. The van der Waals surface area contributed by atoms with Gasteiger partial charge in [0.1, 0.15) is 5.82 Å². The Hall–Kier alpha value is -3.10. The molecule has 2 aromatic heterocycles. The van der Waals surface area contributed by atoms with E-state index < -0.39 is 11.7 Å². The van der Waals surface area contributed by atoms with Gasteiger partial charge in [0.2, 0.25) is 5.95 Å². The Morgan fingerprint density at radius 1 is 1.03 bits per heavy atom. The van der Waals surface area contributed by atoms with Gasteiger partial charge >= 0.3 is 6.18 Å². The molecular weight excluding hydrogens is 381 g/mol. The van der Waals surface area contributed by atoms with Crippen molar-refractivity contribution in [3.05, 3.63) is 58.8 Å². The molecule has 0 spiro atoms. The summed E-state index contributed by atoms with van der Waals surface area (Å²) in [6.45, 7) is 2.54. The highest BCUT2D eigenvalue weighted by Gasteiger charge is 2.30. The van der Waals surface area contributed by atoms with Crippen LogP contribution in [-0.2, 0) is 25.4 Å². The summed E-state index contributed by atoms with van der Waals surface area (Å²) >= 11 is 0. The molecule has 29 heavy (non-hydrogen) atoms. The molecule has 1 aliphatic carbocycles. The molecule has 0 bridgehead atoms. The maximum Gasteiger partial charge on any atom is 0.416 e. The normalized spacial score (nSPS) is 13.4. The lowest BCUT2D eigenvalue weighted by molar-refractivity contribution is -0.137. The van der Waals surface area contributed by atoms with E-state index in [0.717, 1.165) is 48.6 Å². The fourth-order valence-electron chi connectivity index (χ4n) is 3.43. The van der Waals surface area contributed by atoms with Crippen LogP contribution in [0.3, 0.4) is 0 Å². The van der Waals surface area contributed by atoms with Gasteiger partial charge in [0.05, 0.1) is 17.5 Å². The van der Waals surface area contributed by atoms with Gasteiger partial charge in [0.15, 0.2) is 0 Å². The summed E-state index contributed by atoms with van der Waals surface area (Å²) in [5.74, 6) is 1.09. The van der Waals surface area contributed by atoms with Gasteiger partial charge in [-0.3, -0.25) is 0 Å². The number of halogens is 3. The Bertz CT molecular complexity index is 1020. The van der Waals surface area contributed by atoms with Crippen molar-refractivity contribution in [2.45, 2.75) is 38.8 Å². The van der Waals surface area contributed by atoms with E-state index in [9.17, 15) is 13.2 Å². The zero-order valence-electron chi connectivity index (χ0n) is 15.8. The summed E-state index contributed by atoms with van der Waals surface area (Å²) in [7, 11) is 0. The van der Waals surface area contributed by atoms with Gasteiger partial charge in [-0.2, -0.15) is 18.3 Å². The third-order valence-electron chi connectivity index (χ3n) is 4.88. The molecule has 3 aromatic rings. The van der Waals surface area contributed by atoms with Gasteiger partial charge in [0, 0.05) is 29.9 Å². The van der Waals surface area contributed by atoms with Crippen LogP contribution < -0.4 is 5.32 Å². The second-order valence-electron chi connectivity index (χ2n) is 6.92. The fourth-order valence-corrected chi connectivity index (χ4v) is 3.43. The first-order valence-corrected chi connectivity index (χ1v) is 9.36. The zero-order valence-corrected chi connectivity index (χ0v) is 15.8. The van der Waals surface area contributed by atoms with Crippen molar-refractivity contribution >= 4 is 5.95 Å². The van der Waals surface area contributed by atoms with E-state index in [1.54, 1.807) is 0 Å².